The van der Waals surface area contributed by atoms with Gasteiger partial charge in [-0.3, -0.25) is 0 Å². The van der Waals surface area contributed by atoms with Gasteiger partial charge in [-0.2, -0.15) is 0 Å². The highest BCUT2D eigenvalue weighted by molar-refractivity contribution is 6.15. The molecule has 0 aliphatic carbocycles. The summed E-state index contributed by atoms with van der Waals surface area (Å²) in [5.74, 6) is -2.24. The topological polar surface area (TPSA) is 95.5 Å². The Hall–Kier alpha value is -3.09. The summed E-state index contributed by atoms with van der Waals surface area (Å²) < 4.78 is 9.35. The van der Waals surface area contributed by atoms with E-state index in [1.165, 1.54) is 30.6 Å². The standard InChI is InChI=1S/C13H6N2O5/c16-10(20-13-14-4-1-5-15-13)7-2-3-8-9(6-7)12(18)19-11(8)17/h1-6H. The molecule has 98 valence electrons. The van der Waals surface area contributed by atoms with E-state index in [9.17, 15) is 14.4 Å². The molecule has 0 radical (unpaired) electrons. The van der Waals surface area contributed by atoms with E-state index in [0.29, 0.717) is 0 Å². The van der Waals surface area contributed by atoms with Crippen molar-refractivity contribution in [2.75, 3.05) is 0 Å². The summed E-state index contributed by atoms with van der Waals surface area (Å²) in [4.78, 5) is 42.0. The molecule has 1 aromatic heterocycles. The highest BCUT2D eigenvalue weighted by atomic mass is 16.6. The minimum atomic E-state index is -0.782. The predicted octanol–water partition coefficient (Wildman–Crippen LogP) is 1.01. The van der Waals surface area contributed by atoms with Crippen LogP contribution in [0.2, 0.25) is 0 Å². The first-order valence-corrected chi connectivity index (χ1v) is 5.55. The Bertz CT molecular complexity index is 727. The molecule has 3 rings (SSSR count). The zero-order valence-corrected chi connectivity index (χ0v) is 9.90. The van der Waals surface area contributed by atoms with Crippen LogP contribution in [0.3, 0.4) is 0 Å². The maximum Gasteiger partial charge on any atom is 0.346 e. The highest BCUT2D eigenvalue weighted by Gasteiger charge is 2.30. The number of hydrogen-bond acceptors (Lipinski definition) is 7. The Morgan fingerprint density at radius 3 is 2.50 bits per heavy atom. The Balaban J connectivity index is 1.89. The molecule has 0 amide bonds. The van der Waals surface area contributed by atoms with Crippen LogP contribution in [0.25, 0.3) is 0 Å². The maximum atomic E-state index is 11.9. The number of fused-ring (bicyclic) bond motifs is 1. The summed E-state index contributed by atoms with van der Waals surface area (Å²) in [5.41, 5.74) is 0.267. The quantitative estimate of drug-likeness (QED) is 0.593. The van der Waals surface area contributed by atoms with Crippen molar-refractivity contribution in [1.29, 1.82) is 0 Å². The van der Waals surface area contributed by atoms with Gasteiger partial charge in [0.15, 0.2) is 0 Å². The van der Waals surface area contributed by atoms with Crippen LogP contribution in [0.5, 0.6) is 6.01 Å². The van der Waals surface area contributed by atoms with E-state index in [2.05, 4.69) is 14.7 Å². The number of rotatable bonds is 2. The Kier molecular flexibility index (Phi) is 2.72. The van der Waals surface area contributed by atoms with E-state index in [1.54, 1.807) is 6.07 Å². The van der Waals surface area contributed by atoms with Crippen LogP contribution in [-0.2, 0) is 4.74 Å². The van der Waals surface area contributed by atoms with Crippen LogP contribution in [0.1, 0.15) is 31.1 Å². The number of carbonyl (C=O) groups is 3. The highest BCUT2D eigenvalue weighted by Crippen LogP contribution is 2.21. The summed E-state index contributed by atoms with van der Waals surface area (Å²) in [6.07, 6.45) is 2.85. The van der Waals surface area contributed by atoms with Gasteiger partial charge in [0.05, 0.1) is 16.7 Å². The van der Waals surface area contributed by atoms with Crippen LogP contribution in [0.15, 0.2) is 36.7 Å². The lowest BCUT2D eigenvalue weighted by Crippen LogP contribution is -2.11. The van der Waals surface area contributed by atoms with E-state index >= 15 is 0 Å². The number of esters is 3. The number of aromatic nitrogens is 2. The third-order valence-corrected chi connectivity index (χ3v) is 2.61. The van der Waals surface area contributed by atoms with Gasteiger partial charge in [-0.05, 0) is 24.3 Å². The molecule has 2 heterocycles. The fourth-order valence-electron chi connectivity index (χ4n) is 1.69. The fourth-order valence-corrected chi connectivity index (χ4v) is 1.69. The summed E-state index contributed by atoms with van der Waals surface area (Å²) >= 11 is 0. The van der Waals surface area contributed by atoms with Crippen molar-refractivity contribution in [3.8, 4) is 6.01 Å². The van der Waals surface area contributed by atoms with Gasteiger partial charge in [-0.15, -0.1) is 0 Å². The van der Waals surface area contributed by atoms with Crippen molar-refractivity contribution in [2.24, 2.45) is 0 Å². The van der Waals surface area contributed by atoms with Gasteiger partial charge in [-0.25, -0.2) is 24.4 Å². The van der Waals surface area contributed by atoms with E-state index in [-0.39, 0.29) is 22.7 Å². The van der Waals surface area contributed by atoms with Crippen molar-refractivity contribution in [2.45, 2.75) is 0 Å². The monoisotopic (exact) mass is 270 g/mol. The first kappa shape index (κ1) is 12.0. The maximum absolute atomic E-state index is 11.9. The van der Waals surface area contributed by atoms with Crippen molar-refractivity contribution in [3.05, 3.63) is 53.3 Å². The summed E-state index contributed by atoms with van der Waals surface area (Å²) in [5, 5.41) is 0. The van der Waals surface area contributed by atoms with Crippen LogP contribution < -0.4 is 4.74 Å². The zero-order valence-electron chi connectivity index (χ0n) is 9.90. The SMILES string of the molecule is O=C(Oc1ncccn1)c1ccc2c(c1)C(=O)OC2=O. The smallest absolute Gasteiger partial charge is 0.346 e. The fraction of sp³-hybridized carbons (Fsp3) is 0. The molecule has 7 heteroatoms. The van der Waals surface area contributed by atoms with Gasteiger partial charge in [0.25, 0.3) is 0 Å². The molecular formula is C13H6N2O5. The molecule has 20 heavy (non-hydrogen) atoms. The molecule has 1 aliphatic heterocycles. The van der Waals surface area contributed by atoms with Gasteiger partial charge >= 0.3 is 23.9 Å². The molecule has 0 spiro atoms. The van der Waals surface area contributed by atoms with Crippen LogP contribution >= 0.6 is 0 Å². The number of cyclic esters (lactones) is 2. The Labute approximate surface area is 112 Å². The van der Waals surface area contributed by atoms with Crippen molar-refractivity contribution < 1.29 is 23.9 Å². The normalized spacial score (nSPS) is 12.8. The van der Waals surface area contributed by atoms with Gasteiger partial charge in [0.1, 0.15) is 0 Å². The summed E-state index contributed by atoms with van der Waals surface area (Å²) in [6, 6.07) is 5.42. The average Bonchev–Trinajstić information content (AvgIpc) is 2.75. The van der Waals surface area contributed by atoms with Crippen LogP contribution in [0.4, 0.5) is 0 Å². The molecule has 0 unspecified atom stereocenters. The van der Waals surface area contributed by atoms with Crippen molar-refractivity contribution in [3.63, 3.8) is 0 Å². The molecule has 0 saturated carbocycles. The predicted molar refractivity (Wildman–Crippen MR) is 63.2 cm³/mol. The Morgan fingerprint density at radius 2 is 1.75 bits per heavy atom. The van der Waals surface area contributed by atoms with Crippen LogP contribution in [0, 0.1) is 0 Å². The molecule has 0 atom stereocenters. The Morgan fingerprint density at radius 1 is 1.05 bits per heavy atom. The minimum absolute atomic E-state index is 0.0402. The lowest BCUT2D eigenvalue weighted by molar-refractivity contribution is 0.0443. The van der Waals surface area contributed by atoms with E-state index in [1.807, 2.05) is 0 Å². The van der Waals surface area contributed by atoms with Crippen LogP contribution in [-0.4, -0.2) is 27.9 Å². The molecule has 2 aromatic rings. The number of nitrogens with zero attached hydrogens (tertiary/aromatic N) is 2. The number of hydrogen-bond donors (Lipinski definition) is 0. The van der Waals surface area contributed by atoms with Crippen molar-refractivity contribution >= 4 is 17.9 Å². The van der Waals surface area contributed by atoms with Gasteiger partial charge < -0.3 is 9.47 Å². The summed E-state index contributed by atoms with van der Waals surface area (Å²) in [6.45, 7) is 0. The van der Waals surface area contributed by atoms with E-state index in [4.69, 9.17) is 4.74 Å². The molecule has 0 bridgehead atoms. The lowest BCUT2D eigenvalue weighted by Gasteiger charge is -2.02. The second-order valence-electron chi connectivity index (χ2n) is 3.86. The second kappa shape index (κ2) is 4.54. The lowest BCUT2D eigenvalue weighted by atomic mass is 10.1. The molecule has 0 N–H and O–H groups in total. The average molecular weight is 270 g/mol. The minimum Gasteiger partial charge on any atom is -0.387 e. The zero-order chi connectivity index (χ0) is 14.1. The van der Waals surface area contributed by atoms with Gasteiger partial charge in [0.2, 0.25) is 0 Å². The molecule has 0 saturated heterocycles. The largest absolute Gasteiger partial charge is 0.387 e. The molecule has 1 aromatic carbocycles. The number of benzene rings is 1. The second-order valence-corrected chi connectivity index (χ2v) is 3.86. The third-order valence-electron chi connectivity index (χ3n) is 2.61. The summed E-state index contributed by atoms with van der Waals surface area (Å²) in [7, 11) is 0. The van der Waals surface area contributed by atoms with E-state index < -0.39 is 17.9 Å². The molecule has 1 aliphatic rings. The molecule has 7 nitrogen and oxygen atoms in total. The number of ether oxygens (including phenoxy) is 2. The first-order chi connectivity index (χ1) is 9.65. The van der Waals surface area contributed by atoms with Gasteiger partial charge in [-0.1, -0.05) is 0 Å². The first-order valence-electron chi connectivity index (χ1n) is 5.55. The number of carbonyl (C=O) groups excluding carboxylic acids is 3. The van der Waals surface area contributed by atoms with Crippen molar-refractivity contribution in [1.82, 2.24) is 9.97 Å². The molecule has 0 fully saturated rings. The molecular weight excluding hydrogens is 264 g/mol. The van der Waals surface area contributed by atoms with Gasteiger partial charge in [0, 0.05) is 12.4 Å². The van der Waals surface area contributed by atoms with E-state index in [0.717, 1.165) is 0 Å². The third kappa shape index (κ3) is 2.01.